The predicted octanol–water partition coefficient (Wildman–Crippen LogP) is 4.10. The number of rotatable bonds is 37. The third-order valence-electron chi connectivity index (χ3n) is 6.93. The molecular formula is C38H59NO13. The fraction of sp³-hybridized carbons (Fsp3) is 0.632. The lowest BCUT2D eigenvalue weighted by molar-refractivity contribution is -0.0262. The molecule has 14 nitrogen and oxygen atoms in total. The van der Waals surface area contributed by atoms with Gasteiger partial charge in [-0.05, 0) is 55.0 Å². The quantitative estimate of drug-likeness (QED) is 0.0603. The van der Waals surface area contributed by atoms with E-state index in [1.54, 1.807) is 36.4 Å². The van der Waals surface area contributed by atoms with Gasteiger partial charge in [-0.1, -0.05) is 13.3 Å². The second-order valence-corrected chi connectivity index (χ2v) is 11.0. The van der Waals surface area contributed by atoms with E-state index < -0.39 is 0 Å². The van der Waals surface area contributed by atoms with Gasteiger partial charge in [-0.25, -0.2) is 4.79 Å². The lowest BCUT2D eigenvalue weighted by atomic mass is 10.2. The fourth-order valence-corrected chi connectivity index (χ4v) is 4.13. The molecule has 1 N–H and O–H groups in total. The summed E-state index contributed by atoms with van der Waals surface area (Å²) in [6.45, 7) is 12.0. The highest BCUT2D eigenvalue weighted by Crippen LogP contribution is 2.12. The number of carbonyl (C=O) groups excluding carboxylic acids is 2. The van der Waals surface area contributed by atoms with E-state index in [0.29, 0.717) is 142 Å². The van der Waals surface area contributed by atoms with Crippen LogP contribution in [0, 0.1) is 0 Å². The average molecular weight is 738 g/mol. The summed E-state index contributed by atoms with van der Waals surface area (Å²) in [7, 11) is 0. The molecule has 0 aromatic heterocycles. The Morgan fingerprint density at radius 2 is 0.904 bits per heavy atom. The van der Waals surface area contributed by atoms with Crippen LogP contribution in [0.15, 0.2) is 48.5 Å². The highest BCUT2D eigenvalue weighted by molar-refractivity contribution is 5.89. The lowest BCUT2D eigenvalue weighted by Crippen LogP contribution is -2.15. The molecule has 0 heterocycles. The third kappa shape index (κ3) is 25.7. The van der Waals surface area contributed by atoms with E-state index in [2.05, 4.69) is 12.2 Å². The summed E-state index contributed by atoms with van der Waals surface area (Å²) >= 11 is 0. The monoisotopic (exact) mass is 737 g/mol. The van der Waals surface area contributed by atoms with Crippen molar-refractivity contribution in [3.05, 3.63) is 59.7 Å². The molecule has 0 atom stereocenters. The van der Waals surface area contributed by atoms with Crippen molar-refractivity contribution < 1.29 is 61.7 Å². The Bertz CT molecular complexity index is 1110. The molecule has 0 radical (unpaired) electrons. The van der Waals surface area contributed by atoms with Crippen molar-refractivity contribution in [1.82, 2.24) is 0 Å². The Labute approximate surface area is 308 Å². The Morgan fingerprint density at radius 3 is 1.29 bits per heavy atom. The van der Waals surface area contributed by atoms with Crippen molar-refractivity contribution >= 4 is 17.9 Å². The van der Waals surface area contributed by atoms with Gasteiger partial charge in [0, 0.05) is 17.8 Å². The van der Waals surface area contributed by atoms with Crippen molar-refractivity contribution in [3.8, 4) is 5.75 Å². The molecule has 0 fully saturated rings. The van der Waals surface area contributed by atoms with Crippen LogP contribution in [-0.4, -0.2) is 151 Å². The zero-order valence-corrected chi connectivity index (χ0v) is 30.8. The number of benzene rings is 2. The first-order chi connectivity index (χ1) is 25.7. The van der Waals surface area contributed by atoms with Crippen molar-refractivity contribution in [2.75, 3.05) is 144 Å². The van der Waals surface area contributed by atoms with Crippen molar-refractivity contribution in [2.45, 2.75) is 19.8 Å². The molecule has 2 rings (SSSR count). The number of hydrogen-bond donors (Lipinski definition) is 1. The maximum absolute atomic E-state index is 12.1. The van der Waals surface area contributed by atoms with Crippen LogP contribution >= 0.6 is 0 Å². The minimum absolute atomic E-state index is 0.186. The number of carbonyl (C=O) groups is 2. The Kier molecular flexibility index (Phi) is 29.1. The maximum atomic E-state index is 12.1. The smallest absolute Gasteiger partial charge is 0.338 e. The highest BCUT2D eigenvalue weighted by Gasteiger charge is 2.07. The summed E-state index contributed by atoms with van der Waals surface area (Å²) < 4.78 is 60.1. The maximum Gasteiger partial charge on any atom is 0.338 e. The van der Waals surface area contributed by atoms with E-state index >= 15 is 0 Å². The third-order valence-corrected chi connectivity index (χ3v) is 6.93. The molecule has 0 aliphatic heterocycles. The molecule has 0 aliphatic carbocycles. The van der Waals surface area contributed by atoms with E-state index in [0.717, 1.165) is 31.4 Å². The summed E-state index contributed by atoms with van der Waals surface area (Å²) in [5.74, 6) is 0.335. The first-order valence-corrected chi connectivity index (χ1v) is 18.1. The van der Waals surface area contributed by atoms with E-state index in [4.69, 9.17) is 52.1 Å². The molecule has 0 bridgehead atoms. The molecule has 294 valence electrons. The molecule has 2 aromatic carbocycles. The molecule has 0 spiro atoms. The summed E-state index contributed by atoms with van der Waals surface area (Å²) in [5.41, 5.74) is 2.12. The predicted molar refractivity (Wildman–Crippen MR) is 195 cm³/mol. The summed E-state index contributed by atoms with van der Waals surface area (Å²) in [5, 5.41) is 3.32. The largest absolute Gasteiger partial charge is 0.491 e. The van der Waals surface area contributed by atoms with Crippen molar-refractivity contribution in [1.29, 1.82) is 0 Å². The van der Waals surface area contributed by atoms with Crippen LogP contribution in [0.25, 0.3) is 0 Å². The van der Waals surface area contributed by atoms with Gasteiger partial charge in [-0.2, -0.15) is 0 Å². The highest BCUT2D eigenvalue weighted by atomic mass is 16.6. The lowest BCUT2D eigenvalue weighted by Gasteiger charge is -2.09. The summed E-state index contributed by atoms with van der Waals surface area (Å²) in [6, 6.07) is 14.2. The van der Waals surface area contributed by atoms with E-state index in [-0.39, 0.29) is 12.6 Å². The normalized spacial score (nSPS) is 11.1. The van der Waals surface area contributed by atoms with Gasteiger partial charge in [-0.15, -0.1) is 0 Å². The number of unbranched alkanes of at least 4 members (excludes halogenated alkanes) is 1. The van der Waals surface area contributed by atoms with Gasteiger partial charge in [0.15, 0.2) is 0 Å². The van der Waals surface area contributed by atoms with E-state index in [1.807, 2.05) is 12.1 Å². The van der Waals surface area contributed by atoms with Crippen LogP contribution in [-0.2, 0) is 47.4 Å². The minimum atomic E-state index is -0.364. The zero-order valence-electron chi connectivity index (χ0n) is 30.8. The number of aldehydes is 1. The van der Waals surface area contributed by atoms with Crippen LogP contribution in [0.4, 0.5) is 5.69 Å². The summed E-state index contributed by atoms with van der Waals surface area (Å²) in [4.78, 5) is 22.8. The molecule has 0 unspecified atom stereocenters. The molecule has 2 aromatic rings. The molecule has 0 saturated carbocycles. The molecule has 0 saturated heterocycles. The zero-order chi connectivity index (χ0) is 37.0. The number of esters is 1. The number of hydrogen-bond acceptors (Lipinski definition) is 14. The molecule has 0 amide bonds. The Balaban J connectivity index is 1.19. The van der Waals surface area contributed by atoms with Gasteiger partial charge < -0.3 is 57.4 Å². The van der Waals surface area contributed by atoms with Gasteiger partial charge in [0.05, 0.1) is 124 Å². The Hall–Kier alpha value is -3.18. The first kappa shape index (κ1) is 45.0. The standard InChI is InChI=1S/C38H59NO13/c1-2-3-12-39-36-8-6-35(7-9-36)38(41)52-32-30-50-28-26-48-24-22-46-20-18-44-16-14-42-13-15-43-17-19-45-21-23-47-25-27-49-29-31-51-37-10-4-34(33-40)5-11-37/h4-11,33,39H,2-3,12-32H2,1H3. The topological polar surface area (TPSA) is 148 Å². The van der Waals surface area contributed by atoms with Gasteiger partial charge in [0.2, 0.25) is 0 Å². The van der Waals surface area contributed by atoms with E-state index in [1.165, 1.54) is 0 Å². The second kappa shape index (κ2) is 33.6. The summed E-state index contributed by atoms with van der Waals surface area (Å²) in [6.07, 6.45) is 3.03. The second-order valence-electron chi connectivity index (χ2n) is 11.0. The van der Waals surface area contributed by atoms with Gasteiger partial charge in [0.25, 0.3) is 0 Å². The fourth-order valence-electron chi connectivity index (χ4n) is 4.13. The van der Waals surface area contributed by atoms with Gasteiger partial charge in [-0.3, -0.25) is 4.79 Å². The van der Waals surface area contributed by atoms with Crippen molar-refractivity contribution in [3.63, 3.8) is 0 Å². The Morgan fingerprint density at radius 1 is 0.519 bits per heavy atom. The van der Waals surface area contributed by atoms with Crippen LogP contribution in [0.3, 0.4) is 0 Å². The minimum Gasteiger partial charge on any atom is -0.491 e. The SMILES string of the molecule is CCCCNc1ccc(C(=O)OCCOCCOCCOCCOCCOCCOCCOCCOCCOCCOc2ccc(C=O)cc2)cc1. The van der Waals surface area contributed by atoms with Crippen LogP contribution in [0.5, 0.6) is 5.75 Å². The first-order valence-electron chi connectivity index (χ1n) is 18.1. The number of ether oxygens (including phenoxy) is 11. The van der Waals surface area contributed by atoms with Crippen LogP contribution in [0.1, 0.15) is 40.5 Å². The van der Waals surface area contributed by atoms with Crippen LogP contribution in [0.2, 0.25) is 0 Å². The number of nitrogens with one attached hydrogen (secondary N) is 1. The van der Waals surface area contributed by atoms with E-state index in [9.17, 15) is 9.59 Å². The van der Waals surface area contributed by atoms with Crippen molar-refractivity contribution in [2.24, 2.45) is 0 Å². The molecule has 14 heteroatoms. The molecular weight excluding hydrogens is 678 g/mol. The molecule has 0 aliphatic rings. The number of anilines is 1. The van der Waals surface area contributed by atoms with Gasteiger partial charge >= 0.3 is 5.97 Å². The van der Waals surface area contributed by atoms with Crippen LogP contribution < -0.4 is 10.1 Å². The molecule has 52 heavy (non-hydrogen) atoms. The average Bonchev–Trinajstić information content (AvgIpc) is 3.17. The van der Waals surface area contributed by atoms with Gasteiger partial charge in [0.1, 0.15) is 25.2 Å².